The smallest absolute Gasteiger partial charge is 0.225 e. The maximum atomic E-state index is 11.6. The first-order valence-electron chi connectivity index (χ1n) is 6.17. The van der Waals surface area contributed by atoms with Crippen LogP contribution < -0.4 is 5.32 Å². The molecular formula is C14H15BrN2OS. The number of thiazole rings is 1. The van der Waals surface area contributed by atoms with Crippen LogP contribution in [0.3, 0.4) is 0 Å². The van der Waals surface area contributed by atoms with Crippen molar-refractivity contribution in [2.75, 3.05) is 5.32 Å². The molecule has 0 saturated heterocycles. The number of aromatic nitrogens is 1. The molecule has 2 rings (SSSR count). The number of unbranched alkanes of at least 4 members (excludes halogenated alkanes) is 1. The number of halogens is 1. The van der Waals surface area contributed by atoms with E-state index in [2.05, 4.69) is 38.4 Å². The van der Waals surface area contributed by atoms with Crippen LogP contribution in [0, 0.1) is 0 Å². The van der Waals surface area contributed by atoms with Gasteiger partial charge in [-0.15, -0.1) is 11.3 Å². The van der Waals surface area contributed by atoms with Crippen LogP contribution in [0.1, 0.15) is 24.8 Å². The summed E-state index contributed by atoms with van der Waals surface area (Å²) in [5.74, 6) is 0.0695. The van der Waals surface area contributed by atoms with Crippen molar-refractivity contribution in [3.8, 4) is 0 Å². The predicted octanol–water partition coefficient (Wildman–Crippen LogP) is 4.26. The highest BCUT2D eigenvalue weighted by Crippen LogP contribution is 2.14. The summed E-state index contributed by atoms with van der Waals surface area (Å²) in [6, 6.07) is 8.32. The lowest BCUT2D eigenvalue weighted by molar-refractivity contribution is -0.116. The minimum absolute atomic E-state index is 0.0695. The molecule has 1 aromatic carbocycles. The van der Waals surface area contributed by atoms with Gasteiger partial charge in [-0.1, -0.05) is 28.1 Å². The van der Waals surface area contributed by atoms with Crippen molar-refractivity contribution in [3.05, 3.63) is 46.0 Å². The molecule has 1 N–H and O–H groups in total. The normalized spacial score (nSPS) is 10.4. The molecule has 0 aliphatic carbocycles. The third kappa shape index (κ3) is 5.12. The van der Waals surface area contributed by atoms with Crippen molar-refractivity contribution in [1.29, 1.82) is 0 Å². The monoisotopic (exact) mass is 338 g/mol. The standard InChI is InChI=1S/C14H15BrN2OS/c15-12-7-5-11(6-8-12)3-1-2-4-13(18)17-14-9-16-10-19-14/h5-10H,1-4H2,(H,17,18). The minimum Gasteiger partial charge on any atom is -0.316 e. The fourth-order valence-electron chi connectivity index (χ4n) is 1.74. The van der Waals surface area contributed by atoms with Crippen LogP contribution in [0.25, 0.3) is 0 Å². The molecule has 1 aromatic heterocycles. The van der Waals surface area contributed by atoms with E-state index in [0.29, 0.717) is 6.42 Å². The Morgan fingerprint density at radius 2 is 2.05 bits per heavy atom. The van der Waals surface area contributed by atoms with E-state index < -0.39 is 0 Å². The summed E-state index contributed by atoms with van der Waals surface area (Å²) in [5.41, 5.74) is 3.02. The van der Waals surface area contributed by atoms with Crippen LogP contribution in [-0.4, -0.2) is 10.9 Å². The number of rotatable bonds is 6. The van der Waals surface area contributed by atoms with Gasteiger partial charge in [0.2, 0.25) is 5.91 Å². The zero-order valence-corrected chi connectivity index (χ0v) is 12.8. The number of anilines is 1. The second kappa shape index (κ2) is 7.40. The molecule has 1 amide bonds. The number of amides is 1. The molecule has 0 spiro atoms. The summed E-state index contributed by atoms with van der Waals surface area (Å²) in [4.78, 5) is 15.5. The Balaban J connectivity index is 1.64. The minimum atomic E-state index is 0.0695. The van der Waals surface area contributed by atoms with Gasteiger partial charge >= 0.3 is 0 Å². The average Bonchev–Trinajstić information content (AvgIpc) is 2.89. The molecule has 5 heteroatoms. The second-order valence-corrected chi connectivity index (χ2v) is 6.05. The molecule has 19 heavy (non-hydrogen) atoms. The van der Waals surface area contributed by atoms with Crippen molar-refractivity contribution < 1.29 is 4.79 Å². The summed E-state index contributed by atoms with van der Waals surface area (Å²) in [6.07, 6.45) is 5.18. The molecule has 0 unspecified atom stereocenters. The number of nitrogens with one attached hydrogen (secondary N) is 1. The van der Waals surface area contributed by atoms with Crippen LogP contribution in [0.5, 0.6) is 0 Å². The molecule has 0 aliphatic heterocycles. The van der Waals surface area contributed by atoms with Crippen LogP contribution in [-0.2, 0) is 11.2 Å². The SMILES string of the molecule is O=C(CCCCc1ccc(Br)cc1)Nc1cncs1. The number of nitrogens with zero attached hydrogens (tertiary/aromatic N) is 1. The zero-order valence-electron chi connectivity index (χ0n) is 10.4. The van der Waals surface area contributed by atoms with Gasteiger partial charge < -0.3 is 5.32 Å². The highest BCUT2D eigenvalue weighted by molar-refractivity contribution is 9.10. The van der Waals surface area contributed by atoms with Gasteiger partial charge in [0.15, 0.2) is 0 Å². The summed E-state index contributed by atoms with van der Waals surface area (Å²) in [7, 11) is 0. The van der Waals surface area contributed by atoms with Crippen molar-refractivity contribution in [2.24, 2.45) is 0 Å². The molecule has 0 saturated carbocycles. The number of carbonyl (C=O) groups excluding carboxylic acids is 1. The lowest BCUT2D eigenvalue weighted by Gasteiger charge is -2.03. The van der Waals surface area contributed by atoms with Crippen LogP contribution in [0.2, 0.25) is 0 Å². The number of hydrogen-bond donors (Lipinski definition) is 1. The molecule has 2 aromatic rings. The molecule has 0 bridgehead atoms. The van der Waals surface area contributed by atoms with Crippen LogP contribution in [0.4, 0.5) is 5.00 Å². The zero-order chi connectivity index (χ0) is 13.5. The van der Waals surface area contributed by atoms with E-state index in [1.807, 2.05) is 12.1 Å². The second-order valence-electron chi connectivity index (χ2n) is 4.25. The van der Waals surface area contributed by atoms with Crippen LogP contribution >= 0.6 is 27.3 Å². The van der Waals surface area contributed by atoms with Gasteiger partial charge in [0.05, 0.1) is 11.7 Å². The summed E-state index contributed by atoms with van der Waals surface area (Å²) >= 11 is 4.86. The van der Waals surface area contributed by atoms with E-state index in [4.69, 9.17) is 0 Å². The highest BCUT2D eigenvalue weighted by Gasteiger charge is 2.03. The van der Waals surface area contributed by atoms with Gasteiger partial charge in [0.25, 0.3) is 0 Å². The Bertz CT molecular complexity index is 511. The van der Waals surface area contributed by atoms with Gasteiger partial charge in [-0.2, -0.15) is 0 Å². The summed E-state index contributed by atoms with van der Waals surface area (Å²) < 4.78 is 1.10. The number of hydrogen-bond acceptors (Lipinski definition) is 3. The van der Waals surface area contributed by atoms with Crippen molar-refractivity contribution >= 4 is 38.2 Å². The lowest BCUT2D eigenvalue weighted by atomic mass is 10.1. The molecule has 0 radical (unpaired) electrons. The molecule has 0 fully saturated rings. The maximum absolute atomic E-state index is 11.6. The van der Waals surface area contributed by atoms with E-state index in [1.54, 1.807) is 11.7 Å². The van der Waals surface area contributed by atoms with Gasteiger partial charge in [0.1, 0.15) is 5.00 Å². The quantitative estimate of drug-likeness (QED) is 0.799. The lowest BCUT2D eigenvalue weighted by Crippen LogP contribution is -2.10. The maximum Gasteiger partial charge on any atom is 0.225 e. The Labute approximate surface area is 125 Å². The molecule has 100 valence electrons. The van der Waals surface area contributed by atoms with E-state index >= 15 is 0 Å². The Morgan fingerprint density at radius 1 is 1.26 bits per heavy atom. The predicted molar refractivity (Wildman–Crippen MR) is 82.4 cm³/mol. The number of carbonyl (C=O) groups is 1. The number of aryl methyl sites for hydroxylation is 1. The largest absolute Gasteiger partial charge is 0.316 e. The number of benzene rings is 1. The molecular weight excluding hydrogens is 324 g/mol. The van der Waals surface area contributed by atoms with E-state index in [-0.39, 0.29) is 5.91 Å². The fourth-order valence-corrected chi connectivity index (χ4v) is 2.54. The van der Waals surface area contributed by atoms with Gasteiger partial charge in [-0.05, 0) is 37.0 Å². The van der Waals surface area contributed by atoms with Gasteiger partial charge in [-0.25, -0.2) is 0 Å². The third-order valence-corrected chi connectivity index (χ3v) is 3.94. The Morgan fingerprint density at radius 3 is 2.74 bits per heavy atom. The molecule has 0 aliphatic rings. The van der Waals surface area contributed by atoms with Gasteiger partial charge in [0, 0.05) is 10.9 Å². The first kappa shape index (κ1) is 14.2. The topological polar surface area (TPSA) is 42.0 Å². The molecule has 0 atom stereocenters. The van der Waals surface area contributed by atoms with E-state index in [9.17, 15) is 4.79 Å². The fraction of sp³-hybridized carbons (Fsp3) is 0.286. The van der Waals surface area contributed by atoms with Crippen molar-refractivity contribution in [3.63, 3.8) is 0 Å². The van der Waals surface area contributed by atoms with Crippen molar-refractivity contribution in [2.45, 2.75) is 25.7 Å². The summed E-state index contributed by atoms with van der Waals surface area (Å²) in [5, 5.41) is 3.66. The first-order chi connectivity index (χ1) is 9.24. The molecule has 3 nitrogen and oxygen atoms in total. The Hall–Kier alpha value is -1.20. The van der Waals surface area contributed by atoms with E-state index in [0.717, 1.165) is 28.7 Å². The first-order valence-corrected chi connectivity index (χ1v) is 7.84. The van der Waals surface area contributed by atoms with Gasteiger partial charge in [-0.3, -0.25) is 9.78 Å². The van der Waals surface area contributed by atoms with Crippen molar-refractivity contribution in [1.82, 2.24) is 4.98 Å². The summed E-state index contributed by atoms with van der Waals surface area (Å²) in [6.45, 7) is 0. The average molecular weight is 339 g/mol. The highest BCUT2D eigenvalue weighted by atomic mass is 79.9. The van der Waals surface area contributed by atoms with Crippen LogP contribution in [0.15, 0.2) is 40.4 Å². The molecule has 1 heterocycles. The van der Waals surface area contributed by atoms with E-state index in [1.165, 1.54) is 16.9 Å². The third-order valence-electron chi connectivity index (χ3n) is 2.73. The Kier molecular flexibility index (Phi) is 5.54.